The fourth-order valence-corrected chi connectivity index (χ4v) is 3.23. The average Bonchev–Trinajstić information content (AvgIpc) is 2.62. The molecule has 1 aliphatic heterocycles. The number of hydrogen-bond acceptors (Lipinski definition) is 4. The van der Waals surface area contributed by atoms with Gasteiger partial charge in [0.2, 0.25) is 0 Å². The molecule has 3 heterocycles. The van der Waals surface area contributed by atoms with Crippen molar-refractivity contribution in [2.24, 2.45) is 0 Å². The van der Waals surface area contributed by atoms with Crippen LogP contribution < -0.4 is 0 Å². The molecule has 0 N–H and O–H groups in total. The number of pyridine rings is 1. The van der Waals surface area contributed by atoms with Gasteiger partial charge in [0.25, 0.3) is 0 Å². The summed E-state index contributed by atoms with van der Waals surface area (Å²) in [5.41, 5.74) is 5.18. The molecule has 0 bridgehead atoms. The van der Waals surface area contributed by atoms with Crippen molar-refractivity contribution in [3.8, 4) is 11.3 Å². The van der Waals surface area contributed by atoms with Gasteiger partial charge in [0.05, 0.1) is 17.4 Å². The Balaban J connectivity index is 1.61. The standard InChI is InChI=1S/C19H20N4/c1-2-9-23(10-3-1)14-15-5-4-6-16(11-15)17-12-18-19(13-22-17)21-8-7-20-18/h4-8,11-13H,1-3,9-10,14H2. The number of piperidine rings is 1. The van der Waals surface area contributed by atoms with Crippen LogP contribution >= 0.6 is 0 Å². The van der Waals surface area contributed by atoms with Crippen molar-refractivity contribution in [1.82, 2.24) is 19.9 Å². The molecule has 0 aliphatic carbocycles. The van der Waals surface area contributed by atoms with Gasteiger partial charge in [0.1, 0.15) is 5.52 Å². The minimum atomic E-state index is 0.834. The molecular formula is C19H20N4. The monoisotopic (exact) mass is 304 g/mol. The van der Waals surface area contributed by atoms with Gasteiger partial charge in [-0.2, -0.15) is 0 Å². The Labute approximate surface area is 136 Å². The van der Waals surface area contributed by atoms with E-state index in [1.807, 2.05) is 6.07 Å². The lowest BCUT2D eigenvalue weighted by Crippen LogP contribution is -2.29. The number of benzene rings is 1. The van der Waals surface area contributed by atoms with Crippen molar-refractivity contribution in [3.05, 3.63) is 54.5 Å². The van der Waals surface area contributed by atoms with Crippen LogP contribution in [0.1, 0.15) is 24.8 Å². The second-order valence-electron chi connectivity index (χ2n) is 6.15. The van der Waals surface area contributed by atoms with Crippen molar-refractivity contribution in [2.75, 3.05) is 13.1 Å². The normalized spacial score (nSPS) is 15.8. The number of hydrogen-bond donors (Lipinski definition) is 0. The second kappa shape index (κ2) is 6.42. The van der Waals surface area contributed by atoms with Crippen LogP contribution in [0.5, 0.6) is 0 Å². The SMILES string of the molecule is c1cc(CN2CCCCC2)cc(-c2cc3nccnc3cn2)c1. The molecule has 0 atom stereocenters. The van der Waals surface area contributed by atoms with Gasteiger partial charge < -0.3 is 0 Å². The Hall–Kier alpha value is -2.33. The number of likely N-dealkylation sites (tertiary alicyclic amines) is 1. The van der Waals surface area contributed by atoms with Crippen LogP contribution in [0.15, 0.2) is 48.9 Å². The van der Waals surface area contributed by atoms with E-state index in [2.05, 4.69) is 44.1 Å². The first-order valence-corrected chi connectivity index (χ1v) is 8.27. The molecule has 4 rings (SSSR count). The molecule has 0 amide bonds. The molecule has 116 valence electrons. The van der Waals surface area contributed by atoms with E-state index in [1.54, 1.807) is 18.6 Å². The largest absolute Gasteiger partial charge is 0.299 e. The van der Waals surface area contributed by atoms with E-state index in [1.165, 1.54) is 37.9 Å². The predicted octanol–water partition coefficient (Wildman–Crippen LogP) is 3.68. The minimum Gasteiger partial charge on any atom is -0.299 e. The lowest BCUT2D eigenvalue weighted by Gasteiger charge is -2.26. The Kier molecular flexibility index (Phi) is 3.99. The van der Waals surface area contributed by atoms with E-state index < -0.39 is 0 Å². The molecule has 3 aromatic rings. The zero-order chi connectivity index (χ0) is 15.5. The Bertz CT molecular complexity index is 809. The number of fused-ring (bicyclic) bond motifs is 1. The minimum absolute atomic E-state index is 0.834. The van der Waals surface area contributed by atoms with Crippen LogP contribution in [0, 0.1) is 0 Å². The average molecular weight is 304 g/mol. The Morgan fingerprint density at radius 2 is 1.70 bits per heavy atom. The molecule has 4 nitrogen and oxygen atoms in total. The lowest BCUT2D eigenvalue weighted by molar-refractivity contribution is 0.221. The van der Waals surface area contributed by atoms with E-state index in [0.717, 1.165) is 28.8 Å². The molecule has 23 heavy (non-hydrogen) atoms. The summed E-state index contributed by atoms with van der Waals surface area (Å²) in [6, 6.07) is 10.7. The molecule has 0 saturated carbocycles. The van der Waals surface area contributed by atoms with E-state index in [4.69, 9.17) is 0 Å². The topological polar surface area (TPSA) is 41.9 Å². The van der Waals surface area contributed by atoms with Gasteiger partial charge in [-0.3, -0.25) is 19.9 Å². The first-order chi connectivity index (χ1) is 11.4. The quantitative estimate of drug-likeness (QED) is 0.740. The highest BCUT2D eigenvalue weighted by Gasteiger charge is 2.11. The van der Waals surface area contributed by atoms with Crippen LogP contribution in [0.2, 0.25) is 0 Å². The van der Waals surface area contributed by atoms with Crippen LogP contribution in [0.3, 0.4) is 0 Å². The van der Waals surface area contributed by atoms with E-state index >= 15 is 0 Å². The van der Waals surface area contributed by atoms with Gasteiger partial charge in [-0.15, -0.1) is 0 Å². The summed E-state index contributed by atoms with van der Waals surface area (Å²) in [7, 11) is 0. The summed E-state index contributed by atoms with van der Waals surface area (Å²) in [4.78, 5) is 15.7. The fourth-order valence-electron chi connectivity index (χ4n) is 3.23. The number of rotatable bonds is 3. The second-order valence-corrected chi connectivity index (χ2v) is 6.15. The molecule has 1 fully saturated rings. The Morgan fingerprint density at radius 1 is 0.870 bits per heavy atom. The first-order valence-electron chi connectivity index (χ1n) is 8.27. The molecule has 1 saturated heterocycles. The summed E-state index contributed by atoms with van der Waals surface area (Å²) in [5.74, 6) is 0. The summed E-state index contributed by atoms with van der Waals surface area (Å²) < 4.78 is 0. The molecule has 0 unspecified atom stereocenters. The van der Waals surface area contributed by atoms with Gasteiger partial charge in [0.15, 0.2) is 0 Å². The van der Waals surface area contributed by atoms with Gasteiger partial charge in [-0.05, 0) is 43.6 Å². The third kappa shape index (κ3) is 3.22. The van der Waals surface area contributed by atoms with E-state index in [9.17, 15) is 0 Å². The van der Waals surface area contributed by atoms with Gasteiger partial charge in [-0.1, -0.05) is 24.6 Å². The highest BCUT2D eigenvalue weighted by atomic mass is 15.1. The molecule has 0 radical (unpaired) electrons. The molecular weight excluding hydrogens is 284 g/mol. The van der Waals surface area contributed by atoms with Crippen molar-refractivity contribution >= 4 is 11.0 Å². The maximum absolute atomic E-state index is 4.55. The summed E-state index contributed by atoms with van der Waals surface area (Å²) in [5, 5.41) is 0. The maximum atomic E-state index is 4.55. The third-order valence-corrected chi connectivity index (χ3v) is 4.43. The van der Waals surface area contributed by atoms with Crippen LogP contribution in [-0.4, -0.2) is 32.9 Å². The summed E-state index contributed by atoms with van der Waals surface area (Å²) in [6.07, 6.45) is 9.24. The third-order valence-electron chi connectivity index (χ3n) is 4.43. The number of nitrogens with zero attached hydrogens (tertiary/aromatic N) is 4. The Morgan fingerprint density at radius 3 is 2.57 bits per heavy atom. The molecule has 0 spiro atoms. The molecule has 4 heteroatoms. The predicted molar refractivity (Wildman–Crippen MR) is 91.9 cm³/mol. The van der Waals surface area contributed by atoms with Crippen molar-refractivity contribution in [3.63, 3.8) is 0 Å². The zero-order valence-corrected chi connectivity index (χ0v) is 13.2. The van der Waals surface area contributed by atoms with E-state index in [-0.39, 0.29) is 0 Å². The first kappa shape index (κ1) is 14.3. The van der Waals surface area contributed by atoms with Crippen molar-refractivity contribution < 1.29 is 0 Å². The van der Waals surface area contributed by atoms with Gasteiger partial charge in [0, 0.05) is 24.5 Å². The summed E-state index contributed by atoms with van der Waals surface area (Å²) >= 11 is 0. The van der Waals surface area contributed by atoms with Gasteiger partial charge >= 0.3 is 0 Å². The van der Waals surface area contributed by atoms with Gasteiger partial charge in [-0.25, -0.2) is 0 Å². The number of aromatic nitrogens is 3. The fraction of sp³-hybridized carbons (Fsp3) is 0.316. The van der Waals surface area contributed by atoms with Crippen LogP contribution in [0.4, 0.5) is 0 Å². The molecule has 1 aromatic carbocycles. The smallest absolute Gasteiger partial charge is 0.107 e. The summed E-state index contributed by atoms with van der Waals surface area (Å²) in [6.45, 7) is 3.46. The highest BCUT2D eigenvalue weighted by Crippen LogP contribution is 2.22. The molecule has 2 aromatic heterocycles. The van der Waals surface area contributed by atoms with Crippen LogP contribution in [-0.2, 0) is 6.54 Å². The van der Waals surface area contributed by atoms with E-state index in [0.29, 0.717) is 0 Å². The van der Waals surface area contributed by atoms with Crippen molar-refractivity contribution in [1.29, 1.82) is 0 Å². The van der Waals surface area contributed by atoms with Crippen molar-refractivity contribution in [2.45, 2.75) is 25.8 Å². The lowest BCUT2D eigenvalue weighted by atomic mass is 10.1. The van der Waals surface area contributed by atoms with Crippen LogP contribution in [0.25, 0.3) is 22.3 Å². The highest BCUT2D eigenvalue weighted by molar-refractivity contribution is 5.78. The zero-order valence-electron chi connectivity index (χ0n) is 13.2. The molecule has 1 aliphatic rings. The maximum Gasteiger partial charge on any atom is 0.107 e.